The van der Waals surface area contributed by atoms with Crippen molar-refractivity contribution in [3.8, 4) is 0 Å². The van der Waals surface area contributed by atoms with Crippen molar-refractivity contribution in [2.45, 2.75) is 43.9 Å². The first-order chi connectivity index (χ1) is 14.3. The summed E-state index contributed by atoms with van der Waals surface area (Å²) in [5.74, 6) is 0.0844. The van der Waals surface area contributed by atoms with Gasteiger partial charge in [-0.05, 0) is 62.4 Å². The number of Topliss-reactive ketones (excluding diaryl/α,β-unsaturated/α-hetero) is 1. The number of nitrogens with one attached hydrogen (secondary N) is 2. The van der Waals surface area contributed by atoms with E-state index < -0.39 is 10.0 Å². The van der Waals surface area contributed by atoms with Crippen LogP contribution in [-0.2, 0) is 19.6 Å². The first-order valence-corrected chi connectivity index (χ1v) is 11.8. The number of carbonyl (C=O) groups is 2. The van der Waals surface area contributed by atoms with Crippen molar-refractivity contribution in [3.05, 3.63) is 54.1 Å². The maximum atomic E-state index is 12.8. The number of carbonyl (C=O) groups excluding carboxylic acids is 2. The molecule has 2 fully saturated rings. The number of anilines is 2. The number of hydrogen-bond acceptors (Lipinski definition) is 4. The molecule has 2 bridgehead atoms. The van der Waals surface area contributed by atoms with Crippen LogP contribution in [0.4, 0.5) is 11.4 Å². The van der Waals surface area contributed by atoms with Gasteiger partial charge < -0.3 is 5.32 Å². The predicted molar refractivity (Wildman–Crippen MR) is 116 cm³/mol. The highest BCUT2D eigenvalue weighted by Gasteiger charge is 2.41. The van der Waals surface area contributed by atoms with E-state index >= 15 is 0 Å². The van der Waals surface area contributed by atoms with E-state index in [0.717, 1.165) is 24.8 Å². The van der Waals surface area contributed by atoms with E-state index in [-0.39, 0.29) is 28.6 Å². The lowest BCUT2D eigenvalue weighted by atomic mass is 9.67. The van der Waals surface area contributed by atoms with Crippen LogP contribution in [0.25, 0.3) is 0 Å². The van der Waals surface area contributed by atoms with Crippen LogP contribution in [0.2, 0.25) is 0 Å². The van der Waals surface area contributed by atoms with E-state index in [2.05, 4.69) is 10.0 Å². The Morgan fingerprint density at radius 3 is 2.33 bits per heavy atom. The lowest BCUT2D eigenvalue weighted by Crippen LogP contribution is -2.40. The standard InChI is InChI=1S/C23H26N2O4S/c1-15-10-11-19(14-21(15)25-30(28,29)20-8-3-2-4-9-20)24-23(27)18-12-16-6-5-7-17(13-18)22(16)26/h2-4,8-11,14,16-18,25H,5-7,12-13H2,1H3,(H,24,27)/t16-,17+,18?. The van der Waals surface area contributed by atoms with Crippen molar-refractivity contribution in [2.24, 2.45) is 17.8 Å². The number of benzene rings is 2. The van der Waals surface area contributed by atoms with Crippen molar-refractivity contribution in [3.63, 3.8) is 0 Å². The predicted octanol–water partition coefficient (Wildman–Crippen LogP) is 4.13. The van der Waals surface area contributed by atoms with Gasteiger partial charge in [0.2, 0.25) is 5.91 Å². The molecular formula is C23H26N2O4S. The minimum absolute atomic E-state index is 0.0134. The number of amides is 1. The Labute approximate surface area is 177 Å². The van der Waals surface area contributed by atoms with Crippen molar-refractivity contribution < 1.29 is 18.0 Å². The topological polar surface area (TPSA) is 92.3 Å². The van der Waals surface area contributed by atoms with E-state index in [0.29, 0.717) is 30.0 Å². The fraction of sp³-hybridized carbons (Fsp3) is 0.391. The van der Waals surface area contributed by atoms with Gasteiger partial charge in [0.1, 0.15) is 5.78 Å². The smallest absolute Gasteiger partial charge is 0.261 e. The van der Waals surface area contributed by atoms with Crippen molar-refractivity contribution >= 4 is 33.1 Å². The number of ketones is 1. The Kier molecular flexibility index (Phi) is 5.64. The fourth-order valence-electron chi connectivity index (χ4n) is 4.55. The Balaban J connectivity index is 1.48. The minimum Gasteiger partial charge on any atom is -0.326 e. The largest absolute Gasteiger partial charge is 0.326 e. The summed E-state index contributed by atoms with van der Waals surface area (Å²) >= 11 is 0. The zero-order valence-corrected chi connectivity index (χ0v) is 17.7. The molecule has 2 aliphatic rings. The lowest BCUT2D eigenvalue weighted by molar-refractivity contribution is -0.136. The summed E-state index contributed by atoms with van der Waals surface area (Å²) < 4.78 is 27.9. The summed E-state index contributed by atoms with van der Waals surface area (Å²) in [7, 11) is -3.72. The minimum atomic E-state index is -3.72. The average Bonchev–Trinajstić information content (AvgIpc) is 2.71. The van der Waals surface area contributed by atoms with Gasteiger partial charge in [0.05, 0.1) is 10.6 Å². The SMILES string of the molecule is Cc1ccc(NC(=O)C2C[C@H]3CCC[C@@H](C2)C3=O)cc1NS(=O)(=O)c1ccccc1. The number of sulfonamides is 1. The van der Waals surface area contributed by atoms with Gasteiger partial charge in [0, 0.05) is 23.4 Å². The molecule has 0 spiro atoms. The van der Waals surface area contributed by atoms with Crippen LogP contribution in [0, 0.1) is 24.7 Å². The first kappa shape index (κ1) is 20.6. The zero-order chi connectivity index (χ0) is 21.3. The molecule has 1 unspecified atom stereocenters. The summed E-state index contributed by atoms with van der Waals surface area (Å²) in [5.41, 5.74) is 1.72. The van der Waals surface area contributed by atoms with Crippen molar-refractivity contribution in [2.75, 3.05) is 10.0 Å². The highest BCUT2D eigenvalue weighted by Crippen LogP contribution is 2.40. The molecule has 2 N–H and O–H groups in total. The van der Waals surface area contributed by atoms with Gasteiger partial charge in [-0.3, -0.25) is 14.3 Å². The second-order valence-corrected chi connectivity index (χ2v) is 10.0. The normalized spacial score (nSPS) is 23.6. The maximum Gasteiger partial charge on any atom is 0.261 e. The second kappa shape index (κ2) is 8.22. The molecule has 2 saturated carbocycles. The number of fused-ring (bicyclic) bond motifs is 2. The van der Waals surface area contributed by atoms with Crippen LogP contribution in [0.3, 0.4) is 0 Å². The lowest BCUT2D eigenvalue weighted by Gasteiger charge is -2.36. The molecule has 4 rings (SSSR count). The third-order valence-electron chi connectivity index (χ3n) is 6.22. The van der Waals surface area contributed by atoms with Crippen molar-refractivity contribution in [1.82, 2.24) is 0 Å². The van der Waals surface area contributed by atoms with Crippen LogP contribution < -0.4 is 10.0 Å². The quantitative estimate of drug-likeness (QED) is 0.752. The van der Waals surface area contributed by atoms with Crippen LogP contribution >= 0.6 is 0 Å². The summed E-state index contributed by atoms with van der Waals surface area (Å²) in [6, 6.07) is 13.3. The molecule has 0 heterocycles. The van der Waals surface area contributed by atoms with Crippen LogP contribution in [0.15, 0.2) is 53.4 Å². The van der Waals surface area contributed by atoms with E-state index in [1.54, 1.807) is 36.4 Å². The van der Waals surface area contributed by atoms with Gasteiger partial charge in [0.25, 0.3) is 10.0 Å². The molecule has 2 aromatic carbocycles. The van der Waals surface area contributed by atoms with Crippen LogP contribution in [0.1, 0.15) is 37.7 Å². The van der Waals surface area contributed by atoms with Gasteiger partial charge in [-0.15, -0.1) is 0 Å². The second-order valence-electron chi connectivity index (χ2n) is 8.33. The average molecular weight is 427 g/mol. The van der Waals surface area contributed by atoms with Gasteiger partial charge in [-0.2, -0.15) is 0 Å². The van der Waals surface area contributed by atoms with Gasteiger partial charge in [0.15, 0.2) is 0 Å². The molecule has 1 amide bonds. The molecule has 7 heteroatoms. The van der Waals surface area contributed by atoms with Crippen molar-refractivity contribution in [1.29, 1.82) is 0 Å². The highest BCUT2D eigenvalue weighted by molar-refractivity contribution is 7.92. The summed E-state index contributed by atoms with van der Waals surface area (Å²) in [6.07, 6.45) is 4.06. The molecule has 2 aliphatic carbocycles. The molecule has 3 atom stereocenters. The van der Waals surface area contributed by atoms with E-state index in [1.807, 2.05) is 6.92 Å². The highest BCUT2D eigenvalue weighted by atomic mass is 32.2. The van der Waals surface area contributed by atoms with E-state index in [1.165, 1.54) is 12.1 Å². The molecule has 0 radical (unpaired) electrons. The Morgan fingerprint density at radius 2 is 1.67 bits per heavy atom. The van der Waals surface area contributed by atoms with Crippen LogP contribution in [0.5, 0.6) is 0 Å². The van der Waals surface area contributed by atoms with Crippen LogP contribution in [-0.4, -0.2) is 20.1 Å². The molecule has 0 saturated heterocycles. The molecule has 0 aromatic heterocycles. The molecule has 30 heavy (non-hydrogen) atoms. The fourth-order valence-corrected chi connectivity index (χ4v) is 5.69. The maximum absolute atomic E-state index is 12.8. The first-order valence-electron chi connectivity index (χ1n) is 10.4. The summed E-state index contributed by atoms with van der Waals surface area (Å²) in [6.45, 7) is 1.81. The molecular weight excluding hydrogens is 400 g/mol. The molecule has 6 nitrogen and oxygen atoms in total. The Bertz CT molecular complexity index is 1050. The van der Waals surface area contributed by atoms with Gasteiger partial charge in [-0.25, -0.2) is 8.42 Å². The molecule has 2 aromatic rings. The van der Waals surface area contributed by atoms with Gasteiger partial charge >= 0.3 is 0 Å². The zero-order valence-electron chi connectivity index (χ0n) is 16.9. The third-order valence-corrected chi connectivity index (χ3v) is 7.60. The monoisotopic (exact) mass is 426 g/mol. The van der Waals surface area contributed by atoms with E-state index in [4.69, 9.17) is 0 Å². The number of hydrogen-bond donors (Lipinski definition) is 2. The van der Waals surface area contributed by atoms with E-state index in [9.17, 15) is 18.0 Å². The Morgan fingerprint density at radius 1 is 1.00 bits per heavy atom. The third kappa shape index (κ3) is 4.26. The Hall–Kier alpha value is -2.67. The summed E-state index contributed by atoms with van der Waals surface area (Å²) in [5, 5.41) is 2.92. The molecule has 158 valence electrons. The number of aryl methyl sites for hydroxylation is 1. The number of rotatable bonds is 5. The van der Waals surface area contributed by atoms with Gasteiger partial charge in [-0.1, -0.05) is 30.7 Å². The summed E-state index contributed by atoms with van der Waals surface area (Å²) in [4.78, 5) is 25.3. The molecule has 0 aliphatic heterocycles.